The van der Waals surface area contributed by atoms with E-state index in [0.29, 0.717) is 51.4 Å². The Balaban J connectivity index is 1.17. The summed E-state index contributed by atoms with van der Waals surface area (Å²) in [6.45, 7) is 10.7. The lowest BCUT2D eigenvalue weighted by Gasteiger charge is -2.47. The molecular weight excluding hydrogens is 1350 g/mol. The van der Waals surface area contributed by atoms with E-state index in [0.717, 1.165) is 24.2 Å². The van der Waals surface area contributed by atoms with Gasteiger partial charge in [0.15, 0.2) is 0 Å². The van der Waals surface area contributed by atoms with Gasteiger partial charge in [0.25, 0.3) is 0 Å². The molecule has 4 saturated heterocycles. The largest absolute Gasteiger partial charge is 0.393 e. The van der Waals surface area contributed by atoms with Gasteiger partial charge in [0.05, 0.1) is 44.8 Å². The van der Waals surface area contributed by atoms with Crippen molar-refractivity contribution in [1.29, 1.82) is 0 Å². The van der Waals surface area contributed by atoms with Crippen LogP contribution in [-0.2, 0) is 67.0 Å². The lowest BCUT2D eigenvalue weighted by atomic mass is 9.74. The van der Waals surface area contributed by atoms with E-state index in [1.165, 1.54) is 81.4 Å². The summed E-state index contributed by atoms with van der Waals surface area (Å²) in [5, 5.41) is 7.55. The number of carbonyl (C=O) groups is 12. The van der Waals surface area contributed by atoms with E-state index < -0.39 is 173 Å². The molecule has 8 rings (SSSR count). The van der Waals surface area contributed by atoms with Gasteiger partial charge in [-0.1, -0.05) is 53.9 Å². The molecule has 102 heavy (non-hydrogen) atoms. The maximum Gasteiger partial charge on any atom is 0.393 e. The first kappa shape index (κ1) is 81.3. The Hall–Kier alpha value is -6.36. The van der Waals surface area contributed by atoms with Crippen LogP contribution in [0.25, 0.3) is 0 Å². The molecule has 0 aromatic heterocycles. The van der Waals surface area contributed by atoms with Crippen molar-refractivity contribution in [3.05, 3.63) is 0 Å². The van der Waals surface area contributed by atoms with Crippen LogP contribution in [0, 0.1) is 29.6 Å². The SMILES string of the molecule is CCCN1C(=O)[C@@H]2CCN2C(=O)[C@H](C)N(C)C(=O)[C@H]([C@@H](C)CC)NC(=O)[C@H](CC(C)C)N(C)C(=O)C[C@@H](C(=O)N2CCOCC2)N(C)C(=O)[C@H](C2CCCC2)N(C)C(=O)C2(CCC2)NC(=O)[C@@H]2CCCN2C(=O)[C@H](CCC2CCC(C(F)(F)F)C(Cl)C2)NC(=O)CN(C)C(=O)[C@@H]1COC1CCC1. The van der Waals surface area contributed by atoms with Crippen molar-refractivity contribution in [3.8, 4) is 0 Å². The van der Waals surface area contributed by atoms with E-state index in [-0.39, 0.29) is 135 Å². The summed E-state index contributed by atoms with van der Waals surface area (Å²) < 4.78 is 53.9. The first-order valence-corrected chi connectivity index (χ1v) is 38.0. The molecule has 0 radical (unpaired) electrons. The van der Waals surface area contributed by atoms with Crippen LogP contribution in [0.5, 0.6) is 0 Å². The van der Waals surface area contributed by atoms with Crippen LogP contribution in [0.2, 0.25) is 0 Å². The molecule has 4 aliphatic heterocycles. The highest BCUT2D eigenvalue weighted by molar-refractivity contribution is 6.21. The van der Waals surface area contributed by atoms with Gasteiger partial charge in [0, 0.05) is 73.3 Å². The van der Waals surface area contributed by atoms with Crippen molar-refractivity contribution in [3.63, 3.8) is 0 Å². The van der Waals surface area contributed by atoms with Crippen LogP contribution in [-0.4, -0.2) is 287 Å². The smallest absolute Gasteiger partial charge is 0.378 e. The summed E-state index contributed by atoms with van der Waals surface area (Å²) in [5.74, 6) is -10.9. The molecule has 13 atom stereocenters. The number of morpholine rings is 1. The summed E-state index contributed by atoms with van der Waals surface area (Å²) in [4.78, 5) is 193. The van der Waals surface area contributed by atoms with E-state index in [1.807, 2.05) is 27.7 Å². The third kappa shape index (κ3) is 18.8. The van der Waals surface area contributed by atoms with Gasteiger partial charge in [-0.05, 0) is 146 Å². The highest BCUT2D eigenvalue weighted by Crippen LogP contribution is 2.44. The van der Waals surface area contributed by atoms with Crippen LogP contribution in [0.15, 0.2) is 0 Å². The Morgan fingerprint density at radius 2 is 1.34 bits per heavy atom. The summed E-state index contributed by atoms with van der Waals surface area (Å²) in [6, 6.07) is -11.1. The molecule has 4 heterocycles. The predicted octanol–water partition coefficient (Wildman–Crippen LogP) is 4.46. The maximum absolute atomic E-state index is 15.7. The molecule has 26 nitrogen and oxygen atoms in total. The number of hydrogen-bond donors (Lipinski definition) is 3. The van der Waals surface area contributed by atoms with Crippen molar-refractivity contribution >= 4 is 82.5 Å². The number of amides is 12. The molecule has 0 bridgehead atoms. The summed E-state index contributed by atoms with van der Waals surface area (Å²) in [7, 11) is 7.16. The number of likely N-dealkylation sites (N-methyl/N-ethyl adjacent to an activating group) is 5. The average molecular weight is 1460 g/mol. The number of rotatable bonds is 14. The Morgan fingerprint density at radius 1 is 0.676 bits per heavy atom. The fraction of sp³-hybridized carbons (Fsp3) is 0.833. The molecular formula is C72H114ClF3N12O14. The van der Waals surface area contributed by atoms with Crippen LogP contribution in [0.3, 0.4) is 0 Å². The Morgan fingerprint density at radius 3 is 1.91 bits per heavy atom. The van der Waals surface area contributed by atoms with Crippen LogP contribution < -0.4 is 16.0 Å². The molecule has 0 aromatic carbocycles. The molecule has 3 N–H and O–H groups in total. The lowest BCUT2D eigenvalue weighted by molar-refractivity contribution is -0.182. The maximum atomic E-state index is 15.7. The van der Waals surface area contributed by atoms with Gasteiger partial charge in [-0.2, -0.15) is 13.2 Å². The zero-order chi connectivity index (χ0) is 74.8. The minimum atomic E-state index is -4.52. The third-order valence-corrected chi connectivity index (χ3v) is 23.9. The molecule has 4 saturated carbocycles. The standard InChI is InChI=1S/C72H114ClF3N12O14/c1-12-31-86-56(42-102-48-21-16-22-48)65(95)80(7)41-57(89)77-51(27-25-46-24-26-49(50(73)39-46)72(74,75)76)64(94)87-32-17-23-52(87)62(92)79-71(29-18-30-71)70(100)84(11)60(47-19-14-15-20-47)69(99)83(10)55(66(96)85-34-36-101-37-35-85)40-58(90)82(9)54(38-43(3)4)61(91)78-59(44(5)13-2)68(98)81(8)45(6)63(93)88-33-28-53(88)67(86)97/h43-56,59-60H,12-42H2,1-11H3,(H,77,89)(H,78,91)(H,79,92)/t44-,45-,46?,49?,50?,51-,52-,53-,54-,55-,56-,59-,60-/m0/s1. The fourth-order valence-corrected chi connectivity index (χ4v) is 16.6. The fourth-order valence-electron chi connectivity index (χ4n) is 16.1. The minimum absolute atomic E-state index is 0.0104. The van der Waals surface area contributed by atoms with Gasteiger partial charge >= 0.3 is 6.18 Å². The average Bonchev–Trinajstić information content (AvgIpc) is 1.09. The number of nitrogens with one attached hydrogen (secondary N) is 3. The molecule has 8 fully saturated rings. The number of hydrogen-bond acceptors (Lipinski definition) is 14. The predicted molar refractivity (Wildman–Crippen MR) is 371 cm³/mol. The van der Waals surface area contributed by atoms with Gasteiger partial charge in [-0.3, -0.25) is 57.5 Å². The van der Waals surface area contributed by atoms with E-state index in [9.17, 15) is 32.3 Å². The number of carbonyl (C=O) groups excluding carboxylic acids is 12. The number of nitrogens with zero attached hydrogens (tertiary/aromatic N) is 9. The number of alkyl halides is 4. The van der Waals surface area contributed by atoms with Gasteiger partial charge in [0.1, 0.15) is 59.9 Å². The van der Waals surface area contributed by atoms with Crippen LogP contribution >= 0.6 is 11.6 Å². The minimum Gasteiger partial charge on any atom is -0.378 e. The molecule has 574 valence electrons. The molecule has 3 unspecified atom stereocenters. The zero-order valence-electron chi connectivity index (χ0n) is 61.9. The Labute approximate surface area is 604 Å². The van der Waals surface area contributed by atoms with Crippen LogP contribution in [0.4, 0.5) is 13.2 Å². The lowest BCUT2D eigenvalue weighted by Crippen LogP contribution is -2.68. The number of fused-ring (bicyclic) bond motifs is 2. The van der Waals surface area contributed by atoms with Crippen molar-refractivity contribution < 1.29 is 80.2 Å². The number of ether oxygens (including phenoxy) is 2. The third-order valence-electron chi connectivity index (χ3n) is 23.5. The summed E-state index contributed by atoms with van der Waals surface area (Å²) in [6.07, 6.45) is 2.02. The molecule has 4 aliphatic carbocycles. The highest BCUT2D eigenvalue weighted by Gasteiger charge is 2.54. The van der Waals surface area contributed by atoms with Crippen molar-refractivity contribution in [2.45, 2.75) is 260 Å². The van der Waals surface area contributed by atoms with Crippen molar-refractivity contribution in [1.82, 2.24) is 60.0 Å². The second-order valence-corrected chi connectivity index (χ2v) is 31.3. The summed E-state index contributed by atoms with van der Waals surface area (Å²) >= 11 is 6.41. The summed E-state index contributed by atoms with van der Waals surface area (Å²) in [5.41, 5.74) is -1.54. The molecule has 8 aliphatic rings. The van der Waals surface area contributed by atoms with Crippen LogP contribution in [0.1, 0.15) is 183 Å². The highest BCUT2D eigenvalue weighted by atomic mass is 35.5. The molecule has 0 aromatic rings. The molecule has 12 amide bonds. The van der Waals surface area contributed by atoms with E-state index >= 15 is 38.4 Å². The van der Waals surface area contributed by atoms with Crippen molar-refractivity contribution in [2.75, 3.05) is 94.3 Å². The molecule has 1 spiro atoms. The second-order valence-electron chi connectivity index (χ2n) is 30.8. The van der Waals surface area contributed by atoms with E-state index in [4.69, 9.17) is 21.1 Å². The first-order chi connectivity index (χ1) is 48.2. The van der Waals surface area contributed by atoms with E-state index in [2.05, 4.69) is 16.0 Å². The van der Waals surface area contributed by atoms with Gasteiger partial charge in [-0.25, -0.2) is 0 Å². The topological polar surface area (TPSA) is 289 Å². The van der Waals surface area contributed by atoms with Crippen molar-refractivity contribution in [2.24, 2.45) is 29.6 Å². The van der Waals surface area contributed by atoms with Gasteiger partial charge in [-0.15, -0.1) is 11.6 Å². The first-order valence-electron chi connectivity index (χ1n) is 37.6. The number of halogens is 4. The normalized spacial score (nSPS) is 31.2. The Kier molecular flexibility index (Phi) is 28.4. The quantitative estimate of drug-likeness (QED) is 0.203. The monoisotopic (exact) mass is 1460 g/mol. The van der Waals surface area contributed by atoms with Gasteiger partial charge < -0.3 is 69.5 Å². The van der Waals surface area contributed by atoms with E-state index in [1.54, 1.807) is 6.92 Å². The van der Waals surface area contributed by atoms with Gasteiger partial charge in [0.2, 0.25) is 70.9 Å². The second kappa shape index (κ2) is 35.6. The zero-order valence-corrected chi connectivity index (χ0v) is 62.7. The molecule has 30 heteroatoms. The Bertz CT molecular complexity index is 3020.